The van der Waals surface area contributed by atoms with Gasteiger partial charge in [0, 0.05) is 24.5 Å². The van der Waals surface area contributed by atoms with E-state index < -0.39 is 10.0 Å². The van der Waals surface area contributed by atoms with Crippen LogP contribution < -0.4 is 4.72 Å². The summed E-state index contributed by atoms with van der Waals surface area (Å²) in [4.78, 5) is 0.237. The number of nitrogens with one attached hydrogen (secondary N) is 1. The summed E-state index contributed by atoms with van der Waals surface area (Å²) in [6.45, 7) is 4.31. The van der Waals surface area contributed by atoms with Crippen molar-refractivity contribution in [3.05, 3.63) is 18.0 Å². The summed E-state index contributed by atoms with van der Waals surface area (Å²) in [7, 11) is -3.47. The van der Waals surface area contributed by atoms with Crippen LogP contribution in [0.2, 0.25) is 0 Å². The molecule has 0 spiro atoms. The van der Waals surface area contributed by atoms with Gasteiger partial charge in [0.25, 0.3) is 0 Å². The molecule has 2 N–H and O–H groups in total. The Morgan fingerprint density at radius 3 is 2.67 bits per heavy atom. The lowest BCUT2D eigenvalue weighted by atomic mass is 10.2. The molecule has 0 aliphatic heterocycles. The van der Waals surface area contributed by atoms with Crippen molar-refractivity contribution in [2.24, 2.45) is 5.92 Å². The van der Waals surface area contributed by atoms with Gasteiger partial charge in [0.15, 0.2) is 0 Å². The number of aryl methyl sites for hydroxylation is 1. The molecule has 1 heterocycles. The monoisotopic (exact) mass is 272 g/mol. The van der Waals surface area contributed by atoms with Crippen LogP contribution in [0.3, 0.4) is 0 Å². The van der Waals surface area contributed by atoms with Crippen molar-refractivity contribution >= 4 is 10.0 Å². The van der Waals surface area contributed by atoms with Crippen molar-refractivity contribution in [1.82, 2.24) is 9.29 Å². The molecule has 1 aliphatic rings. The van der Waals surface area contributed by atoms with Gasteiger partial charge in [0.2, 0.25) is 10.0 Å². The van der Waals surface area contributed by atoms with Crippen molar-refractivity contribution in [3.63, 3.8) is 0 Å². The summed E-state index contributed by atoms with van der Waals surface area (Å²) in [5.41, 5.74) is 0.622. The molecule has 1 aromatic rings. The first-order valence-corrected chi connectivity index (χ1v) is 7.78. The van der Waals surface area contributed by atoms with E-state index in [4.69, 9.17) is 0 Å². The molecule has 0 radical (unpaired) electrons. The Labute approximate surface area is 108 Å². The predicted octanol–water partition coefficient (Wildman–Crippen LogP) is 1.08. The van der Waals surface area contributed by atoms with Crippen molar-refractivity contribution in [3.8, 4) is 0 Å². The third-order valence-electron chi connectivity index (χ3n) is 3.44. The van der Waals surface area contributed by atoms with E-state index in [0.29, 0.717) is 18.2 Å². The molecule has 0 bridgehead atoms. The van der Waals surface area contributed by atoms with Crippen LogP contribution in [0.5, 0.6) is 0 Å². The van der Waals surface area contributed by atoms with Crippen LogP contribution in [-0.4, -0.2) is 24.1 Å². The van der Waals surface area contributed by atoms with Crippen LogP contribution in [0.4, 0.5) is 0 Å². The summed E-state index contributed by atoms with van der Waals surface area (Å²) in [6.07, 6.45) is 3.77. The number of hydrogen-bond donors (Lipinski definition) is 2. The molecule has 1 saturated carbocycles. The molecule has 6 heteroatoms. The largest absolute Gasteiger partial charge is 0.390 e. The predicted molar refractivity (Wildman–Crippen MR) is 68.5 cm³/mol. The van der Waals surface area contributed by atoms with Gasteiger partial charge in [-0.25, -0.2) is 13.1 Å². The average Bonchev–Trinajstić information content (AvgIpc) is 3.07. The van der Waals surface area contributed by atoms with Gasteiger partial charge in [-0.1, -0.05) is 0 Å². The molecule has 0 saturated heterocycles. The van der Waals surface area contributed by atoms with Crippen LogP contribution >= 0.6 is 0 Å². The third kappa shape index (κ3) is 2.76. The van der Waals surface area contributed by atoms with Crippen LogP contribution in [0, 0.1) is 5.92 Å². The highest BCUT2D eigenvalue weighted by atomic mass is 32.2. The van der Waals surface area contributed by atoms with Crippen LogP contribution in [0.25, 0.3) is 0 Å². The highest BCUT2D eigenvalue weighted by Crippen LogP contribution is 2.33. The van der Waals surface area contributed by atoms with Crippen LogP contribution in [-0.2, 0) is 23.2 Å². The molecule has 2 rings (SSSR count). The van der Waals surface area contributed by atoms with Crippen molar-refractivity contribution in [1.29, 1.82) is 0 Å². The first kappa shape index (κ1) is 13.6. The molecule has 0 aromatic carbocycles. The Morgan fingerprint density at radius 1 is 1.56 bits per heavy atom. The third-order valence-corrected chi connectivity index (χ3v) is 4.97. The van der Waals surface area contributed by atoms with Crippen LogP contribution in [0.1, 0.15) is 32.4 Å². The standard InChI is InChI=1S/C12H20N2O3S/c1-3-14-7-12(6-11(14)8-15)18(16,17)13-9(2)10-4-5-10/h6-7,9-10,13,15H,3-5,8H2,1-2H3. The molecular formula is C12H20N2O3S. The van der Waals surface area contributed by atoms with E-state index in [2.05, 4.69) is 4.72 Å². The fourth-order valence-corrected chi connectivity index (χ4v) is 3.48. The fourth-order valence-electron chi connectivity index (χ4n) is 2.10. The summed E-state index contributed by atoms with van der Waals surface area (Å²) in [6, 6.07) is 1.52. The lowest BCUT2D eigenvalue weighted by molar-refractivity contribution is 0.271. The number of nitrogens with zero attached hydrogens (tertiary/aromatic N) is 1. The van der Waals surface area contributed by atoms with Gasteiger partial charge in [-0.05, 0) is 38.7 Å². The molecule has 1 fully saturated rings. The number of aliphatic hydroxyl groups excluding tert-OH is 1. The highest BCUT2D eigenvalue weighted by molar-refractivity contribution is 7.89. The van der Waals surface area contributed by atoms with Crippen molar-refractivity contribution in [2.45, 2.75) is 50.8 Å². The number of aromatic nitrogens is 1. The maximum absolute atomic E-state index is 12.2. The highest BCUT2D eigenvalue weighted by Gasteiger charge is 2.31. The maximum Gasteiger partial charge on any atom is 0.242 e. The SMILES string of the molecule is CCn1cc(S(=O)(=O)NC(C)C2CC2)cc1CO. The summed E-state index contributed by atoms with van der Waals surface area (Å²) in [5.74, 6) is 0.477. The molecule has 1 aromatic heterocycles. The zero-order valence-corrected chi connectivity index (χ0v) is 11.6. The Balaban J connectivity index is 2.20. The van der Waals surface area contributed by atoms with E-state index in [1.807, 2.05) is 13.8 Å². The second-order valence-electron chi connectivity index (χ2n) is 4.86. The molecule has 0 amide bonds. The Hall–Kier alpha value is -0.850. The zero-order valence-electron chi connectivity index (χ0n) is 10.8. The molecule has 102 valence electrons. The Bertz CT molecular complexity index is 496. The Kier molecular flexibility index (Phi) is 3.79. The normalized spacial score (nSPS) is 17.9. The second-order valence-corrected chi connectivity index (χ2v) is 6.57. The lowest BCUT2D eigenvalue weighted by Gasteiger charge is -2.11. The van der Waals surface area contributed by atoms with Gasteiger partial charge in [-0.15, -0.1) is 0 Å². The summed E-state index contributed by atoms with van der Waals surface area (Å²) < 4.78 is 28.8. The van der Waals surface area contributed by atoms with Gasteiger partial charge >= 0.3 is 0 Å². The first-order valence-electron chi connectivity index (χ1n) is 6.30. The molecule has 18 heavy (non-hydrogen) atoms. The zero-order chi connectivity index (χ0) is 13.3. The number of aliphatic hydroxyl groups is 1. The van der Waals surface area contributed by atoms with E-state index >= 15 is 0 Å². The minimum atomic E-state index is -3.47. The summed E-state index contributed by atoms with van der Waals surface area (Å²) >= 11 is 0. The maximum atomic E-state index is 12.2. The molecule has 5 nitrogen and oxygen atoms in total. The van der Waals surface area contributed by atoms with E-state index in [0.717, 1.165) is 12.8 Å². The van der Waals surface area contributed by atoms with Gasteiger partial charge in [-0.3, -0.25) is 0 Å². The average molecular weight is 272 g/mol. The minimum absolute atomic E-state index is 0.0162. The fraction of sp³-hybridized carbons (Fsp3) is 0.667. The first-order chi connectivity index (χ1) is 8.47. The number of rotatable bonds is 6. The lowest BCUT2D eigenvalue weighted by Crippen LogP contribution is -2.33. The molecule has 1 aliphatic carbocycles. The van der Waals surface area contributed by atoms with E-state index in [9.17, 15) is 13.5 Å². The van der Waals surface area contributed by atoms with Crippen LogP contribution in [0.15, 0.2) is 17.2 Å². The quantitative estimate of drug-likeness (QED) is 0.814. The topological polar surface area (TPSA) is 71.3 Å². The van der Waals surface area contributed by atoms with Gasteiger partial charge in [0.1, 0.15) is 0 Å². The van der Waals surface area contributed by atoms with E-state index in [1.54, 1.807) is 10.8 Å². The molecular weight excluding hydrogens is 252 g/mol. The van der Waals surface area contributed by atoms with Crippen molar-refractivity contribution in [2.75, 3.05) is 0 Å². The number of hydrogen-bond acceptors (Lipinski definition) is 3. The van der Waals surface area contributed by atoms with Gasteiger partial charge < -0.3 is 9.67 Å². The Morgan fingerprint density at radius 2 is 2.22 bits per heavy atom. The van der Waals surface area contributed by atoms with E-state index in [1.165, 1.54) is 6.07 Å². The smallest absolute Gasteiger partial charge is 0.242 e. The van der Waals surface area contributed by atoms with Crippen molar-refractivity contribution < 1.29 is 13.5 Å². The second kappa shape index (κ2) is 5.03. The van der Waals surface area contributed by atoms with E-state index in [-0.39, 0.29) is 17.5 Å². The molecule has 1 atom stereocenters. The molecule has 1 unspecified atom stereocenters. The van der Waals surface area contributed by atoms with Gasteiger partial charge in [0.05, 0.1) is 11.5 Å². The summed E-state index contributed by atoms with van der Waals surface area (Å²) in [5, 5.41) is 9.17. The number of sulfonamides is 1. The van der Waals surface area contributed by atoms with Gasteiger partial charge in [-0.2, -0.15) is 0 Å². The minimum Gasteiger partial charge on any atom is -0.390 e.